The van der Waals surface area contributed by atoms with Crippen LogP contribution in [-0.2, 0) is 4.79 Å². The maximum absolute atomic E-state index is 10.9. The van der Waals surface area contributed by atoms with Crippen molar-refractivity contribution in [3.8, 4) is 11.5 Å². The first kappa shape index (κ1) is 16.0. The zero-order valence-electron chi connectivity index (χ0n) is 11.9. The number of carbonyl (C=O) groups excluding carboxylic acids is 1. The highest BCUT2D eigenvalue weighted by atomic mass is 16.5. The third-order valence-electron chi connectivity index (χ3n) is 2.73. The smallest absolute Gasteiger partial charge is 0.267 e. The first-order chi connectivity index (χ1) is 9.71. The van der Waals surface area contributed by atoms with Gasteiger partial charge in [0.2, 0.25) is 0 Å². The van der Waals surface area contributed by atoms with E-state index >= 15 is 0 Å². The molecule has 0 unspecified atom stereocenters. The molecule has 1 amide bonds. The Morgan fingerprint density at radius 1 is 1.35 bits per heavy atom. The number of hydrogen-bond donors (Lipinski definition) is 2. The van der Waals surface area contributed by atoms with Crippen molar-refractivity contribution in [3.05, 3.63) is 29.8 Å². The van der Waals surface area contributed by atoms with Crippen LogP contribution in [0.3, 0.4) is 0 Å². The van der Waals surface area contributed by atoms with E-state index in [1.54, 1.807) is 25.3 Å². The summed E-state index contributed by atoms with van der Waals surface area (Å²) >= 11 is 0. The number of benzene rings is 1. The molecule has 5 nitrogen and oxygen atoms in total. The van der Waals surface area contributed by atoms with Gasteiger partial charge in [-0.05, 0) is 30.2 Å². The van der Waals surface area contributed by atoms with Gasteiger partial charge in [-0.25, -0.2) is 5.48 Å². The fourth-order valence-electron chi connectivity index (χ4n) is 1.65. The summed E-state index contributed by atoms with van der Waals surface area (Å²) in [7, 11) is 1.57. The molecule has 0 aliphatic rings. The Balaban J connectivity index is 2.69. The quantitative estimate of drug-likeness (QED) is 0.332. The standard InChI is InChI=1S/C15H21NO4/c1-3-4-5-10-20-13-8-6-12(11-14(13)19-2)7-9-15(17)16-18/h6-9,11,18H,3-5,10H2,1-2H3,(H,16,17). The lowest BCUT2D eigenvalue weighted by Crippen LogP contribution is -2.14. The second-order valence-electron chi connectivity index (χ2n) is 4.28. The lowest BCUT2D eigenvalue weighted by molar-refractivity contribution is -0.124. The minimum Gasteiger partial charge on any atom is -0.493 e. The van der Waals surface area contributed by atoms with Crippen LogP contribution >= 0.6 is 0 Å². The molecule has 0 aromatic heterocycles. The van der Waals surface area contributed by atoms with Crippen LogP contribution < -0.4 is 15.0 Å². The van der Waals surface area contributed by atoms with Gasteiger partial charge in [0.15, 0.2) is 11.5 Å². The Bertz CT molecular complexity index is 457. The number of unbranched alkanes of at least 4 members (excludes halogenated alkanes) is 2. The van der Waals surface area contributed by atoms with Gasteiger partial charge in [-0.15, -0.1) is 0 Å². The number of ether oxygens (including phenoxy) is 2. The van der Waals surface area contributed by atoms with E-state index < -0.39 is 5.91 Å². The van der Waals surface area contributed by atoms with Gasteiger partial charge < -0.3 is 9.47 Å². The molecule has 0 saturated heterocycles. The molecule has 0 radical (unpaired) electrons. The minimum absolute atomic E-state index is 0.580. The largest absolute Gasteiger partial charge is 0.493 e. The van der Waals surface area contributed by atoms with Crippen molar-refractivity contribution in [2.24, 2.45) is 0 Å². The van der Waals surface area contributed by atoms with E-state index in [1.165, 1.54) is 11.6 Å². The number of hydroxylamine groups is 1. The summed E-state index contributed by atoms with van der Waals surface area (Å²) in [5.41, 5.74) is 2.32. The summed E-state index contributed by atoms with van der Waals surface area (Å²) in [6.45, 7) is 2.80. The highest BCUT2D eigenvalue weighted by molar-refractivity contribution is 5.90. The molecule has 0 fully saturated rings. The Morgan fingerprint density at radius 3 is 2.80 bits per heavy atom. The zero-order chi connectivity index (χ0) is 14.8. The molecular weight excluding hydrogens is 258 g/mol. The summed E-state index contributed by atoms with van der Waals surface area (Å²) in [4.78, 5) is 10.9. The van der Waals surface area contributed by atoms with Gasteiger partial charge in [-0.2, -0.15) is 0 Å². The van der Waals surface area contributed by atoms with Crippen molar-refractivity contribution < 1.29 is 19.5 Å². The highest BCUT2D eigenvalue weighted by Crippen LogP contribution is 2.28. The molecule has 2 N–H and O–H groups in total. The lowest BCUT2D eigenvalue weighted by atomic mass is 10.2. The van der Waals surface area contributed by atoms with Gasteiger partial charge in [0.05, 0.1) is 13.7 Å². The van der Waals surface area contributed by atoms with Crippen molar-refractivity contribution in [1.82, 2.24) is 5.48 Å². The molecule has 5 heteroatoms. The van der Waals surface area contributed by atoms with Gasteiger partial charge in [-0.1, -0.05) is 25.8 Å². The molecule has 1 aromatic rings. The lowest BCUT2D eigenvalue weighted by Gasteiger charge is -2.11. The van der Waals surface area contributed by atoms with Gasteiger partial charge in [0.1, 0.15) is 0 Å². The van der Waals surface area contributed by atoms with Crippen LogP contribution in [0.5, 0.6) is 11.5 Å². The second-order valence-corrected chi connectivity index (χ2v) is 4.28. The van der Waals surface area contributed by atoms with Crippen molar-refractivity contribution in [2.75, 3.05) is 13.7 Å². The predicted molar refractivity (Wildman–Crippen MR) is 77.0 cm³/mol. The molecule has 0 spiro atoms. The van der Waals surface area contributed by atoms with Crippen molar-refractivity contribution in [1.29, 1.82) is 0 Å². The SMILES string of the molecule is CCCCCOc1ccc(C=CC(=O)NO)cc1OC. The predicted octanol–water partition coefficient (Wildman–Crippen LogP) is 2.78. The maximum Gasteiger partial charge on any atom is 0.267 e. The van der Waals surface area contributed by atoms with E-state index in [0.29, 0.717) is 18.1 Å². The van der Waals surface area contributed by atoms with Crippen LogP contribution in [0.4, 0.5) is 0 Å². The average molecular weight is 279 g/mol. The zero-order valence-corrected chi connectivity index (χ0v) is 11.9. The van der Waals surface area contributed by atoms with E-state index in [0.717, 1.165) is 24.8 Å². The summed E-state index contributed by atoms with van der Waals surface area (Å²) in [5, 5.41) is 8.40. The van der Waals surface area contributed by atoms with E-state index in [2.05, 4.69) is 6.92 Å². The van der Waals surface area contributed by atoms with Gasteiger partial charge in [0, 0.05) is 6.08 Å². The van der Waals surface area contributed by atoms with Gasteiger partial charge in [-0.3, -0.25) is 10.0 Å². The molecule has 1 rings (SSSR count). The summed E-state index contributed by atoms with van der Waals surface area (Å²) in [6.07, 6.45) is 6.11. The number of carbonyl (C=O) groups is 1. The fraction of sp³-hybridized carbons (Fsp3) is 0.400. The number of rotatable bonds is 8. The van der Waals surface area contributed by atoms with Crippen LogP contribution in [0.1, 0.15) is 31.7 Å². The van der Waals surface area contributed by atoms with Crippen molar-refractivity contribution in [2.45, 2.75) is 26.2 Å². The molecular formula is C15H21NO4. The van der Waals surface area contributed by atoms with Crippen LogP contribution in [0.25, 0.3) is 6.08 Å². The van der Waals surface area contributed by atoms with Gasteiger partial charge in [0.25, 0.3) is 5.91 Å². The Labute approximate surface area is 119 Å². The first-order valence-corrected chi connectivity index (χ1v) is 6.64. The van der Waals surface area contributed by atoms with Crippen LogP contribution in [0.15, 0.2) is 24.3 Å². The molecule has 0 aliphatic heterocycles. The minimum atomic E-state index is -0.580. The monoisotopic (exact) mass is 279 g/mol. The average Bonchev–Trinajstić information content (AvgIpc) is 2.49. The summed E-state index contributed by atoms with van der Waals surface area (Å²) in [5.74, 6) is 0.726. The summed E-state index contributed by atoms with van der Waals surface area (Å²) < 4.78 is 10.9. The number of nitrogens with one attached hydrogen (secondary N) is 1. The summed E-state index contributed by atoms with van der Waals surface area (Å²) in [6, 6.07) is 5.40. The first-order valence-electron chi connectivity index (χ1n) is 6.64. The van der Waals surface area contributed by atoms with E-state index in [4.69, 9.17) is 14.7 Å². The van der Waals surface area contributed by atoms with E-state index in [9.17, 15) is 4.79 Å². The van der Waals surface area contributed by atoms with Crippen LogP contribution in [0, 0.1) is 0 Å². The molecule has 0 saturated carbocycles. The maximum atomic E-state index is 10.9. The molecule has 1 aromatic carbocycles. The highest BCUT2D eigenvalue weighted by Gasteiger charge is 2.04. The third-order valence-corrected chi connectivity index (χ3v) is 2.73. The fourth-order valence-corrected chi connectivity index (χ4v) is 1.65. The normalized spacial score (nSPS) is 10.6. The number of amides is 1. The number of methoxy groups -OCH3 is 1. The van der Waals surface area contributed by atoms with E-state index in [1.807, 2.05) is 6.07 Å². The van der Waals surface area contributed by atoms with Crippen molar-refractivity contribution in [3.63, 3.8) is 0 Å². The molecule has 0 bridgehead atoms. The Kier molecular flexibility index (Phi) is 7.21. The molecule has 0 atom stereocenters. The third kappa shape index (κ3) is 5.32. The molecule has 20 heavy (non-hydrogen) atoms. The van der Waals surface area contributed by atoms with Crippen LogP contribution in [-0.4, -0.2) is 24.8 Å². The molecule has 0 heterocycles. The molecule has 0 aliphatic carbocycles. The second kappa shape index (κ2) is 8.98. The number of hydrogen-bond acceptors (Lipinski definition) is 4. The van der Waals surface area contributed by atoms with Crippen molar-refractivity contribution >= 4 is 12.0 Å². The molecule has 110 valence electrons. The Morgan fingerprint density at radius 2 is 2.15 bits per heavy atom. The topological polar surface area (TPSA) is 67.8 Å². The van der Waals surface area contributed by atoms with Crippen LogP contribution in [0.2, 0.25) is 0 Å². The Hall–Kier alpha value is -2.01. The van der Waals surface area contributed by atoms with E-state index in [-0.39, 0.29) is 0 Å². The van der Waals surface area contributed by atoms with Gasteiger partial charge >= 0.3 is 0 Å².